The molecule has 0 spiro atoms. The number of cyclic esters (lactones) is 1. The Morgan fingerprint density at radius 1 is 0.549 bits per heavy atom. The molecule has 1 heterocycles. The van der Waals surface area contributed by atoms with Crippen molar-refractivity contribution in [3.63, 3.8) is 0 Å². The highest BCUT2D eigenvalue weighted by Crippen LogP contribution is 2.42. The third-order valence-corrected chi connectivity index (χ3v) is 11.6. The van der Waals surface area contributed by atoms with Crippen molar-refractivity contribution in [2.75, 3.05) is 33.0 Å². The summed E-state index contributed by atoms with van der Waals surface area (Å²) in [7, 11) is 0. The van der Waals surface area contributed by atoms with E-state index >= 15 is 0 Å². The van der Waals surface area contributed by atoms with Crippen LogP contribution in [0.1, 0.15) is 181 Å². The zero-order chi connectivity index (χ0) is 55.4. The van der Waals surface area contributed by atoms with E-state index in [1.54, 1.807) is 0 Å². The van der Waals surface area contributed by atoms with E-state index in [4.69, 9.17) is 41.1 Å². The van der Waals surface area contributed by atoms with Crippen LogP contribution in [0.15, 0.2) is 47.9 Å². The number of hydrogen-bond donors (Lipinski definition) is 10. The minimum atomic E-state index is -1.42. The Labute approximate surface area is 424 Å². The van der Waals surface area contributed by atoms with Gasteiger partial charge in [-0.3, -0.25) is 4.79 Å². The fourth-order valence-electron chi connectivity index (χ4n) is 7.54. The van der Waals surface area contributed by atoms with Crippen molar-refractivity contribution in [3.05, 3.63) is 98.0 Å². The number of aliphatic hydroxyl groups is 6. The molecule has 71 heavy (non-hydrogen) atoms. The van der Waals surface area contributed by atoms with Gasteiger partial charge in [0.15, 0.2) is 11.9 Å². The predicted octanol–water partition coefficient (Wildman–Crippen LogP) is 9.06. The Hall–Kier alpha value is -4.86. The van der Waals surface area contributed by atoms with Crippen molar-refractivity contribution < 1.29 is 65.0 Å². The fraction of sp³-hybridized carbons (Fsp3) is 0.614. The summed E-state index contributed by atoms with van der Waals surface area (Å²) in [5.41, 5.74) is 14.0. The van der Waals surface area contributed by atoms with Crippen molar-refractivity contribution in [1.82, 2.24) is 0 Å². The van der Waals surface area contributed by atoms with Gasteiger partial charge in [0.1, 0.15) is 30.0 Å². The maximum Gasteiger partial charge on any atom is 0.377 e. The highest BCUT2D eigenvalue weighted by molar-refractivity contribution is 5.89. The number of aliphatic hydroxyl groups excluding tert-OH is 6. The summed E-state index contributed by atoms with van der Waals surface area (Å²) in [6.45, 7) is 37.7. The van der Waals surface area contributed by atoms with E-state index in [9.17, 15) is 24.9 Å². The van der Waals surface area contributed by atoms with Gasteiger partial charge >= 0.3 is 11.9 Å². The van der Waals surface area contributed by atoms with Crippen LogP contribution in [0.3, 0.4) is 0 Å². The van der Waals surface area contributed by atoms with Crippen molar-refractivity contribution in [3.8, 4) is 17.2 Å². The molecule has 11 N–H and O–H groups in total. The molecule has 0 amide bonds. The SMILES string of the molecule is CC(C)(C)c1cc(CCC(=O)OCCO)cc(C(C)(C)C)c1O.CC(C)(C)c1cc(CCN)cc(C(C)(C)C)c1O.CC(C)(C)c1cc(CCO)cc(C(C)(C)C)c1O.O=C1OC(C(O)CO)C(O)=C1O. The molecule has 0 bridgehead atoms. The molecule has 402 valence electrons. The summed E-state index contributed by atoms with van der Waals surface area (Å²) in [4.78, 5) is 22.2. The zero-order valence-corrected chi connectivity index (χ0v) is 46.2. The molecule has 2 atom stereocenters. The molecule has 2 unspecified atom stereocenters. The van der Waals surface area contributed by atoms with E-state index in [0.29, 0.717) is 36.6 Å². The molecule has 0 aliphatic carbocycles. The number of benzene rings is 3. The first-order valence-corrected chi connectivity index (χ1v) is 24.5. The number of phenolic OH excluding ortho intramolecular Hbond substituents is 3. The molecule has 0 fully saturated rings. The molecule has 3 aromatic rings. The normalized spacial score (nSPS) is 14.9. The third-order valence-electron chi connectivity index (χ3n) is 11.6. The quantitative estimate of drug-likeness (QED) is 0.0804. The lowest BCUT2D eigenvalue weighted by Crippen LogP contribution is -2.31. The van der Waals surface area contributed by atoms with E-state index in [2.05, 4.69) is 141 Å². The van der Waals surface area contributed by atoms with Crippen LogP contribution in [0.2, 0.25) is 0 Å². The highest BCUT2D eigenvalue weighted by Gasteiger charge is 2.39. The first-order valence-electron chi connectivity index (χ1n) is 24.5. The second kappa shape index (κ2) is 25.7. The summed E-state index contributed by atoms with van der Waals surface area (Å²) in [5, 5.41) is 84.5. The molecule has 1 aliphatic rings. The summed E-state index contributed by atoms with van der Waals surface area (Å²) in [6.07, 6.45) is -0.478. The largest absolute Gasteiger partial charge is 0.507 e. The lowest BCUT2D eigenvalue weighted by molar-refractivity contribution is -0.148. The average molecular weight is 998 g/mol. The van der Waals surface area contributed by atoms with E-state index in [1.807, 2.05) is 24.3 Å². The number of phenols is 3. The summed E-state index contributed by atoms with van der Waals surface area (Å²) < 4.78 is 9.21. The van der Waals surface area contributed by atoms with Gasteiger partial charge < -0.3 is 61.2 Å². The van der Waals surface area contributed by atoms with E-state index in [1.165, 1.54) is 5.56 Å². The summed E-state index contributed by atoms with van der Waals surface area (Å²) in [6, 6.07) is 12.2. The maximum absolute atomic E-state index is 11.6. The van der Waals surface area contributed by atoms with Gasteiger partial charge in [0.25, 0.3) is 0 Å². The van der Waals surface area contributed by atoms with Crippen LogP contribution < -0.4 is 5.73 Å². The number of carbonyl (C=O) groups excluding carboxylic acids is 2. The van der Waals surface area contributed by atoms with Crippen LogP contribution in [-0.4, -0.2) is 103 Å². The number of carbonyl (C=O) groups is 2. The van der Waals surface area contributed by atoms with E-state index in [0.717, 1.165) is 50.9 Å². The van der Waals surface area contributed by atoms with Crippen LogP contribution in [0, 0.1) is 0 Å². The summed E-state index contributed by atoms with van der Waals surface area (Å²) in [5.74, 6) is -1.91. The first-order chi connectivity index (χ1) is 32.2. The Bertz CT molecular complexity index is 2060. The second-order valence-corrected chi connectivity index (χ2v) is 24.4. The molecular formula is C57H91NO13. The second-order valence-electron chi connectivity index (χ2n) is 24.4. The van der Waals surface area contributed by atoms with Crippen LogP contribution in [0.4, 0.5) is 0 Å². The molecule has 14 nitrogen and oxygen atoms in total. The van der Waals surface area contributed by atoms with Gasteiger partial charge in [0.05, 0.1) is 13.2 Å². The summed E-state index contributed by atoms with van der Waals surface area (Å²) >= 11 is 0. The highest BCUT2D eigenvalue weighted by atomic mass is 16.6. The van der Waals surface area contributed by atoms with Crippen LogP contribution in [-0.2, 0) is 70.8 Å². The third kappa shape index (κ3) is 19.3. The topological polar surface area (TPSA) is 261 Å². The van der Waals surface area contributed by atoms with Gasteiger partial charge in [0, 0.05) is 13.0 Å². The molecule has 0 saturated carbocycles. The lowest BCUT2D eigenvalue weighted by Gasteiger charge is -2.28. The van der Waals surface area contributed by atoms with Gasteiger partial charge in [-0.05, 0) is 108 Å². The standard InChI is InChI=1S/C19H30O4.C16H27NO.C16H26O2.C6H8O6/c1-18(2,3)14-11-13(7-8-16(21)23-10-9-20)12-15(17(14)22)19(4,5)6;2*1-15(2,3)12-9-11(7-8-17)10-13(14(12)18)16(4,5)6;7-1-2(8)5-3(9)4(10)6(11)12-5/h11-12,20,22H,7-10H2,1-6H3;9-10,18H,7-8,17H2,1-6H3;9-10,17-18H,7-8H2,1-6H3;2,5,7-10H,1H2. The molecule has 14 heteroatoms. The molecular weight excluding hydrogens is 907 g/mol. The van der Waals surface area contributed by atoms with Gasteiger partial charge in [-0.15, -0.1) is 0 Å². The molecule has 0 aromatic heterocycles. The van der Waals surface area contributed by atoms with Crippen LogP contribution in [0.25, 0.3) is 0 Å². The monoisotopic (exact) mass is 998 g/mol. The molecule has 1 aliphatic heterocycles. The maximum atomic E-state index is 11.6. The molecule has 0 radical (unpaired) electrons. The van der Waals surface area contributed by atoms with E-state index < -0.39 is 36.3 Å². The predicted molar refractivity (Wildman–Crippen MR) is 282 cm³/mol. The zero-order valence-electron chi connectivity index (χ0n) is 46.2. The smallest absolute Gasteiger partial charge is 0.377 e. The number of aryl methyl sites for hydroxylation is 1. The van der Waals surface area contributed by atoms with Crippen LogP contribution in [0.5, 0.6) is 17.2 Å². The molecule has 3 aromatic carbocycles. The van der Waals surface area contributed by atoms with Gasteiger partial charge in [0.2, 0.25) is 5.76 Å². The fourth-order valence-corrected chi connectivity index (χ4v) is 7.54. The minimum absolute atomic E-state index is 0.0366. The molecule has 0 saturated heterocycles. The van der Waals surface area contributed by atoms with Crippen molar-refractivity contribution >= 4 is 11.9 Å². The Morgan fingerprint density at radius 2 is 0.859 bits per heavy atom. The number of esters is 2. The van der Waals surface area contributed by atoms with Crippen molar-refractivity contribution in [1.29, 1.82) is 0 Å². The number of aromatic hydroxyl groups is 3. The number of hydrogen-bond acceptors (Lipinski definition) is 14. The van der Waals surface area contributed by atoms with Crippen molar-refractivity contribution in [2.24, 2.45) is 5.73 Å². The Kier molecular flexibility index (Phi) is 23.2. The first kappa shape index (κ1) is 64.2. The number of rotatable bonds is 11. The van der Waals surface area contributed by atoms with Crippen LogP contribution >= 0.6 is 0 Å². The Balaban J connectivity index is 0.000000483. The van der Waals surface area contributed by atoms with Gasteiger partial charge in [-0.25, -0.2) is 4.79 Å². The number of nitrogens with two attached hydrogens (primary N) is 1. The van der Waals surface area contributed by atoms with Gasteiger partial charge in [-0.2, -0.15) is 0 Å². The van der Waals surface area contributed by atoms with Crippen molar-refractivity contribution in [2.45, 2.75) is 195 Å². The lowest BCUT2D eigenvalue weighted by atomic mass is 9.78. The average Bonchev–Trinajstić information content (AvgIpc) is 3.48. The Morgan fingerprint density at radius 3 is 1.10 bits per heavy atom. The minimum Gasteiger partial charge on any atom is -0.507 e. The number of ether oxygens (including phenoxy) is 2. The van der Waals surface area contributed by atoms with Gasteiger partial charge in [-0.1, -0.05) is 161 Å². The van der Waals surface area contributed by atoms with E-state index in [-0.39, 0.29) is 64.7 Å². The molecule has 4 rings (SSSR count).